The zero-order valence-corrected chi connectivity index (χ0v) is 13.3. The zero-order chi connectivity index (χ0) is 13.0. The maximum atomic E-state index is 6.11. The lowest BCUT2D eigenvalue weighted by Gasteiger charge is -2.33. The molecule has 1 N–H and O–H groups in total. The Balaban J connectivity index is 1.54. The summed E-state index contributed by atoms with van der Waals surface area (Å²) in [4.78, 5) is 0. The van der Waals surface area contributed by atoms with Crippen LogP contribution in [0.5, 0.6) is 0 Å². The van der Waals surface area contributed by atoms with Crippen LogP contribution in [0.1, 0.15) is 32.1 Å². The fraction of sp³-hybridized carbons (Fsp3) is 0.625. The number of nitrogens with one attached hydrogen (secondary N) is 1. The summed E-state index contributed by atoms with van der Waals surface area (Å²) in [6, 6.07) is 6.68. The molecule has 0 aliphatic heterocycles. The third kappa shape index (κ3) is 2.03. The molecule has 2 bridgehead atoms. The minimum Gasteiger partial charge on any atom is -0.381 e. The Kier molecular flexibility index (Phi) is 3.07. The molecule has 0 aromatic heterocycles. The van der Waals surface area contributed by atoms with Crippen LogP contribution in [0.25, 0.3) is 0 Å². The number of benzene rings is 1. The molecule has 3 saturated carbocycles. The SMILES string of the molecule is Clc1ccc(Br)c(NC2CC3CC2C2CCCC32)c1. The van der Waals surface area contributed by atoms with E-state index in [1.54, 1.807) is 0 Å². The highest BCUT2D eigenvalue weighted by Gasteiger charge is 2.53. The molecule has 0 radical (unpaired) electrons. The summed E-state index contributed by atoms with van der Waals surface area (Å²) in [6.07, 6.45) is 7.27. The van der Waals surface area contributed by atoms with Gasteiger partial charge in [-0.15, -0.1) is 0 Å². The molecular weight excluding hydrogens is 322 g/mol. The first-order valence-corrected chi connectivity index (χ1v) is 8.61. The molecule has 3 fully saturated rings. The van der Waals surface area contributed by atoms with Crippen LogP contribution in [0.4, 0.5) is 5.69 Å². The second-order valence-corrected chi connectivity index (χ2v) is 7.82. The molecule has 0 heterocycles. The van der Waals surface area contributed by atoms with Gasteiger partial charge in [0.2, 0.25) is 0 Å². The Morgan fingerprint density at radius 2 is 1.95 bits per heavy atom. The highest BCUT2D eigenvalue weighted by atomic mass is 79.9. The average Bonchev–Trinajstić information content (AvgIpc) is 3.05. The van der Waals surface area contributed by atoms with Gasteiger partial charge in [-0.25, -0.2) is 0 Å². The van der Waals surface area contributed by atoms with Gasteiger partial charge in [0.05, 0.1) is 5.69 Å². The molecule has 0 saturated heterocycles. The van der Waals surface area contributed by atoms with Crippen molar-refractivity contribution in [2.45, 2.75) is 38.1 Å². The fourth-order valence-electron chi connectivity index (χ4n) is 5.04. The molecule has 3 aliphatic carbocycles. The topological polar surface area (TPSA) is 12.0 Å². The third-order valence-electron chi connectivity index (χ3n) is 5.70. The lowest BCUT2D eigenvalue weighted by atomic mass is 9.79. The summed E-state index contributed by atoms with van der Waals surface area (Å²) in [7, 11) is 0. The second-order valence-electron chi connectivity index (χ2n) is 6.53. The smallest absolute Gasteiger partial charge is 0.0501 e. The molecule has 5 unspecified atom stereocenters. The first-order chi connectivity index (χ1) is 9.22. The number of fused-ring (bicyclic) bond motifs is 5. The van der Waals surface area contributed by atoms with E-state index in [2.05, 4.69) is 21.2 Å². The maximum absolute atomic E-state index is 6.11. The van der Waals surface area contributed by atoms with Crippen LogP contribution in [0.3, 0.4) is 0 Å². The molecular formula is C16H19BrClN. The number of anilines is 1. The minimum absolute atomic E-state index is 0.666. The Bertz CT molecular complexity index is 504. The standard InChI is InChI=1S/C16H19BrClN/c17-14-5-4-10(18)8-16(14)19-15-7-9-6-13(15)12-3-1-2-11(9)12/h4-5,8-9,11-13,15,19H,1-3,6-7H2. The molecule has 102 valence electrons. The van der Waals surface area contributed by atoms with Crippen molar-refractivity contribution < 1.29 is 0 Å². The van der Waals surface area contributed by atoms with E-state index in [4.69, 9.17) is 11.6 Å². The van der Waals surface area contributed by atoms with Crippen molar-refractivity contribution in [3.63, 3.8) is 0 Å². The van der Waals surface area contributed by atoms with Crippen molar-refractivity contribution in [1.29, 1.82) is 0 Å². The van der Waals surface area contributed by atoms with Crippen LogP contribution in [0.15, 0.2) is 22.7 Å². The van der Waals surface area contributed by atoms with Gasteiger partial charge in [0.1, 0.15) is 0 Å². The van der Waals surface area contributed by atoms with Gasteiger partial charge in [-0.1, -0.05) is 18.0 Å². The summed E-state index contributed by atoms with van der Waals surface area (Å²) in [5.41, 5.74) is 1.17. The number of hydrogen-bond acceptors (Lipinski definition) is 1. The Morgan fingerprint density at radius 1 is 1.11 bits per heavy atom. The van der Waals surface area contributed by atoms with Gasteiger partial charge in [-0.3, -0.25) is 0 Å². The predicted octanol–water partition coefficient (Wildman–Crippen LogP) is 5.34. The summed E-state index contributed by atoms with van der Waals surface area (Å²) < 4.78 is 1.13. The first kappa shape index (κ1) is 12.5. The Labute approximate surface area is 128 Å². The highest BCUT2D eigenvalue weighted by molar-refractivity contribution is 9.10. The molecule has 3 heteroatoms. The van der Waals surface area contributed by atoms with Gasteiger partial charge in [-0.05, 0) is 83.5 Å². The zero-order valence-electron chi connectivity index (χ0n) is 10.9. The molecule has 19 heavy (non-hydrogen) atoms. The summed E-state index contributed by atoms with van der Waals surface area (Å²) >= 11 is 9.74. The lowest BCUT2D eigenvalue weighted by Crippen LogP contribution is -2.33. The first-order valence-electron chi connectivity index (χ1n) is 7.44. The van der Waals surface area contributed by atoms with E-state index in [-0.39, 0.29) is 0 Å². The monoisotopic (exact) mass is 339 g/mol. The predicted molar refractivity (Wildman–Crippen MR) is 83.6 cm³/mol. The molecule has 4 rings (SSSR count). The summed E-state index contributed by atoms with van der Waals surface area (Å²) in [6.45, 7) is 0. The van der Waals surface area contributed by atoms with E-state index in [1.807, 2.05) is 18.2 Å². The summed E-state index contributed by atoms with van der Waals surface area (Å²) in [5, 5.41) is 4.58. The van der Waals surface area contributed by atoms with E-state index in [0.29, 0.717) is 6.04 Å². The lowest BCUT2D eigenvalue weighted by molar-refractivity contribution is 0.243. The van der Waals surface area contributed by atoms with E-state index >= 15 is 0 Å². The van der Waals surface area contributed by atoms with Gasteiger partial charge < -0.3 is 5.32 Å². The molecule has 0 amide bonds. The third-order valence-corrected chi connectivity index (χ3v) is 6.62. The number of halogens is 2. The van der Waals surface area contributed by atoms with Crippen molar-refractivity contribution in [1.82, 2.24) is 0 Å². The van der Waals surface area contributed by atoms with Gasteiger partial charge >= 0.3 is 0 Å². The van der Waals surface area contributed by atoms with Crippen LogP contribution in [0.2, 0.25) is 5.02 Å². The van der Waals surface area contributed by atoms with Crippen molar-refractivity contribution in [3.05, 3.63) is 27.7 Å². The fourth-order valence-corrected chi connectivity index (χ4v) is 5.58. The van der Waals surface area contributed by atoms with Gasteiger partial charge in [0.25, 0.3) is 0 Å². The number of rotatable bonds is 2. The van der Waals surface area contributed by atoms with Crippen LogP contribution in [-0.4, -0.2) is 6.04 Å². The van der Waals surface area contributed by atoms with Crippen LogP contribution in [0, 0.1) is 23.7 Å². The van der Waals surface area contributed by atoms with Gasteiger partial charge in [0, 0.05) is 15.5 Å². The van der Waals surface area contributed by atoms with Crippen molar-refractivity contribution >= 4 is 33.2 Å². The van der Waals surface area contributed by atoms with Crippen molar-refractivity contribution in [2.75, 3.05) is 5.32 Å². The summed E-state index contributed by atoms with van der Waals surface area (Å²) in [5.74, 6) is 3.97. The van der Waals surface area contributed by atoms with Crippen molar-refractivity contribution in [3.8, 4) is 0 Å². The number of hydrogen-bond donors (Lipinski definition) is 1. The molecule has 5 atom stereocenters. The molecule has 1 nitrogen and oxygen atoms in total. The van der Waals surface area contributed by atoms with Gasteiger partial charge in [-0.2, -0.15) is 0 Å². The van der Waals surface area contributed by atoms with E-state index in [0.717, 1.165) is 33.2 Å². The molecule has 1 aromatic rings. The average molecular weight is 341 g/mol. The highest BCUT2D eigenvalue weighted by Crippen LogP contribution is 2.59. The van der Waals surface area contributed by atoms with Crippen LogP contribution < -0.4 is 5.32 Å². The van der Waals surface area contributed by atoms with Crippen LogP contribution >= 0.6 is 27.5 Å². The van der Waals surface area contributed by atoms with Crippen LogP contribution in [-0.2, 0) is 0 Å². The Hall–Kier alpha value is -0.210. The Morgan fingerprint density at radius 3 is 2.84 bits per heavy atom. The maximum Gasteiger partial charge on any atom is 0.0501 e. The normalized spacial score (nSPS) is 39.6. The minimum atomic E-state index is 0.666. The second kappa shape index (κ2) is 4.66. The molecule has 0 spiro atoms. The quantitative estimate of drug-likeness (QED) is 0.766. The largest absolute Gasteiger partial charge is 0.381 e. The molecule has 1 aromatic carbocycles. The van der Waals surface area contributed by atoms with E-state index < -0.39 is 0 Å². The van der Waals surface area contributed by atoms with E-state index in [1.165, 1.54) is 37.8 Å². The van der Waals surface area contributed by atoms with Gasteiger partial charge in [0.15, 0.2) is 0 Å². The van der Waals surface area contributed by atoms with E-state index in [9.17, 15) is 0 Å². The molecule has 3 aliphatic rings. The van der Waals surface area contributed by atoms with Crippen molar-refractivity contribution in [2.24, 2.45) is 23.7 Å².